The molecule has 0 amide bonds. The predicted octanol–water partition coefficient (Wildman–Crippen LogP) is 3.44. The molecule has 2 fully saturated rings. The molecule has 1 aliphatic heterocycles. The third-order valence-electron chi connectivity index (χ3n) is 4.26. The Balaban J connectivity index is 1.80. The number of nitrogens with zero attached hydrogens (tertiary/aromatic N) is 1. The van der Waals surface area contributed by atoms with E-state index in [0.717, 1.165) is 5.41 Å². The normalized spacial score (nSPS) is 27.2. The summed E-state index contributed by atoms with van der Waals surface area (Å²) in [6.45, 7) is 6.47. The molecule has 1 heterocycles. The zero-order valence-electron chi connectivity index (χ0n) is 9.73. The smallest absolute Gasteiger partial charge is 0.00384 e. The van der Waals surface area contributed by atoms with E-state index >= 15 is 0 Å². The summed E-state index contributed by atoms with van der Waals surface area (Å²) in [5.74, 6) is 0. The van der Waals surface area contributed by atoms with Crippen molar-refractivity contribution < 1.29 is 0 Å². The number of rotatable bonds is 3. The van der Waals surface area contributed by atoms with E-state index in [1.165, 1.54) is 71.0 Å². The van der Waals surface area contributed by atoms with Gasteiger partial charge in [-0.15, -0.1) is 0 Å². The first kappa shape index (κ1) is 10.5. The Bertz CT molecular complexity index is 170. The second kappa shape index (κ2) is 4.65. The standard InChI is InChI=1S/C13H25N/c1-2-3-10-14-11-9-13(12-14)7-5-4-6-8-13/h2-12H2,1H3. The quantitative estimate of drug-likeness (QED) is 0.667. The largest absolute Gasteiger partial charge is 0.303 e. The van der Waals surface area contributed by atoms with Crippen LogP contribution in [0.2, 0.25) is 0 Å². The summed E-state index contributed by atoms with van der Waals surface area (Å²) in [5, 5.41) is 0. The van der Waals surface area contributed by atoms with Gasteiger partial charge >= 0.3 is 0 Å². The molecule has 1 heteroatoms. The molecule has 0 atom stereocenters. The van der Waals surface area contributed by atoms with Gasteiger partial charge in [-0.2, -0.15) is 0 Å². The molecule has 0 N–H and O–H groups in total. The Hall–Kier alpha value is -0.0400. The highest BCUT2D eigenvalue weighted by molar-refractivity contribution is 4.91. The Kier molecular flexibility index (Phi) is 3.48. The zero-order valence-corrected chi connectivity index (χ0v) is 9.73. The number of hydrogen-bond acceptors (Lipinski definition) is 1. The van der Waals surface area contributed by atoms with Gasteiger partial charge in [0.2, 0.25) is 0 Å². The highest BCUT2D eigenvalue weighted by Gasteiger charge is 2.38. The molecule has 1 aliphatic carbocycles. The van der Waals surface area contributed by atoms with E-state index in [4.69, 9.17) is 0 Å². The van der Waals surface area contributed by atoms with Crippen LogP contribution in [0.15, 0.2) is 0 Å². The molecule has 1 nitrogen and oxygen atoms in total. The Morgan fingerprint density at radius 1 is 1.07 bits per heavy atom. The lowest BCUT2D eigenvalue weighted by Crippen LogP contribution is -2.29. The highest BCUT2D eigenvalue weighted by atomic mass is 15.2. The van der Waals surface area contributed by atoms with Crippen molar-refractivity contribution in [2.45, 2.75) is 58.3 Å². The third kappa shape index (κ3) is 2.31. The van der Waals surface area contributed by atoms with Gasteiger partial charge in [-0.3, -0.25) is 0 Å². The van der Waals surface area contributed by atoms with E-state index in [2.05, 4.69) is 11.8 Å². The van der Waals surface area contributed by atoms with Gasteiger partial charge in [0.25, 0.3) is 0 Å². The maximum Gasteiger partial charge on any atom is 0.00384 e. The molecule has 0 bridgehead atoms. The molecule has 82 valence electrons. The molecule has 2 aliphatic rings. The number of hydrogen-bond donors (Lipinski definition) is 0. The summed E-state index contributed by atoms with van der Waals surface area (Å²) in [5.41, 5.74) is 0.770. The van der Waals surface area contributed by atoms with Crippen molar-refractivity contribution in [3.05, 3.63) is 0 Å². The van der Waals surface area contributed by atoms with E-state index in [9.17, 15) is 0 Å². The maximum atomic E-state index is 2.72. The van der Waals surface area contributed by atoms with Crippen LogP contribution in [-0.4, -0.2) is 24.5 Å². The van der Waals surface area contributed by atoms with E-state index in [1.807, 2.05) is 0 Å². The Morgan fingerprint density at radius 2 is 1.86 bits per heavy atom. The molecule has 0 unspecified atom stereocenters. The molecular weight excluding hydrogens is 170 g/mol. The molecule has 0 aromatic heterocycles. The SMILES string of the molecule is CCCCN1CCC2(CCCCC2)C1. The third-order valence-corrected chi connectivity index (χ3v) is 4.26. The lowest BCUT2D eigenvalue weighted by Gasteiger charge is -2.33. The Labute approximate surface area is 88.9 Å². The van der Waals surface area contributed by atoms with E-state index in [1.54, 1.807) is 0 Å². The zero-order chi connectivity index (χ0) is 9.86. The van der Waals surface area contributed by atoms with E-state index in [-0.39, 0.29) is 0 Å². The predicted molar refractivity (Wildman–Crippen MR) is 61.5 cm³/mol. The van der Waals surface area contributed by atoms with Crippen LogP contribution in [0, 0.1) is 5.41 Å². The van der Waals surface area contributed by atoms with E-state index < -0.39 is 0 Å². The van der Waals surface area contributed by atoms with Crippen LogP contribution in [0.1, 0.15) is 58.3 Å². The average Bonchev–Trinajstić information content (AvgIpc) is 2.60. The van der Waals surface area contributed by atoms with Crippen LogP contribution >= 0.6 is 0 Å². The Morgan fingerprint density at radius 3 is 2.57 bits per heavy atom. The van der Waals surface area contributed by atoms with Crippen LogP contribution in [0.5, 0.6) is 0 Å². The van der Waals surface area contributed by atoms with Gasteiger partial charge in [0.1, 0.15) is 0 Å². The van der Waals surface area contributed by atoms with Crippen LogP contribution < -0.4 is 0 Å². The fraction of sp³-hybridized carbons (Fsp3) is 1.00. The highest BCUT2D eigenvalue weighted by Crippen LogP contribution is 2.43. The molecule has 2 rings (SSSR count). The lowest BCUT2D eigenvalue weighted by atomic mass is 9.73. The molecule has 1 saturated heterocycles. The van der Waals surface area contributed by atoms with Crippen molar-refractivity contribution in [1.82, 2.24) is 4.90 Å². The van der Waals surface area contributed by atoms with Crippen LogP contribution in [0.25, 0.3) is 0 Å². The summed E-state index contributed by atoms with van der Waals surface area (Å²) >= 11 is 0. The molecule has 0 aromatic rings. The van der Waals surface area contributed by atoms with Gasteiger partial charge in [0.05, 0.1) is 0 Å². The summed E-state index contributed by atoms with van der Waals surface area (Å²) < 4.78 is 0. The van der Waals surface area contributed by atoms with Gasteiger partial charge in [-0.05, 0) is 44.2 Å². The molecule has 1 saturated carbocycles. The van der Waals surface area contributed by atoms with Crippen LogP contribution in [0.4, 0.5) is 0 Å². The van der Waals surface area contributed by atoms with Gasteiger partial charge in [0.15, 0.2) is 0 Å². The summed E-state index contributed by atoms with van der Waals surface area (Å²) in [6, 6.07) is 0. The summed E-state index contributed by atoms with van der Waals surface area (Å²) in [4.78, 5) is 2.72. The molecule has 14 heavy (non-hydrogen) atoms. The summed E-state index contributed by atoms with van der Waals surface area (Å²) in [6.07, 6.45) is 11.8. The average molecular weight is 195 g/mol. The number of unbranched alkanes of at least 4 members (excludes halogenated alkanes) is 1. The van der Waals surface area contributed by atoms with Gasteiger partial charge in [-0.25, -0.2) is 0 Å². The van der Waals surface area contributed by atoms with Crippen molar-refractivity contribution in [3.63, 3.8) is 0 Å². The minimum absolute atomic E-state index is 0.770. The maximum absolute atomic E-state index is 2.72. The lowest BCUT2D eigenvalue weighted by molar-refractivity contribution is 0.185. The van der Waals surface area contributed by atoms with Crippen molar-refractivity contribution in [2.24, 2.45) is 5.41 Å². The monoisotopic (exact) mass is 195 g/mol. The fourth-order valence-electron chi connectivity index (χ4n) is 3.31. The van der Waals surface area contributed by atoms with Crippen molar-refractivity contribution in [1.29, 1.82) is 0 Å². The van der Waals surface area contributed by atoms with Crippen LogP contribution in [0.3, 0.4) is 0 Å². The minimum atomic E-state index is 0.770. The van der Waals surface area contributed by atoms with Gasteiger partial charge < -0.3 is 4.90 Å². The van der Waals surface area contributed by atoms with Crippen molar-refractivity contribution in [3.8, 4) is 0 Å². The molecule has 0 aromatic carbocycles. The minimum Gasteiger partial charge on any atom is -0.303 e. The van der Waals surface area contributed by atoms with Crippen molar-refractivity contribution in [2.75, 3.05) is 19.6 Å². The first-order valence-corrected chi connectivity index (χ1v) is 6.57. The van der Waals surface area contributed by atoms with Gasteiger partial charge in [0, 0.05) is 6.54 Å². The topological polar surface area (TPSA) is 3.24 Å². The molecule has 0 radical (unpaired) electrons. The molecular formula is C13H25N. The first-order chi connectivity index (χ1) is 6.85. The van der Waals surface area contributed by atoms with E-state index in [0.29, 0.717) is 0 Å². The first-order valence-electron chi connectivity index (χ1n) is 6.57. The number of likely N-dealkylation sites (tertiary alicyclic amines) is 1. The van der Waals surface area contributed by atoms with Crippen molar-refractivity contribution >= 4 is 0 Å². The summed E-state index contributed by atoms with van der Waals surface area (Å²) in [7, 11) is 0. The van der Waals surface area contributed by atoms with Crippen LogP contribution in [-0.2, 0) is 0 Å². The second-order valence-corrected chi connectivity index (χ2v) is 5.44. The molecule has 1 spiro atoms. The fourth-order valence-corrected chi connectivity index (χ4v) is 3.31. The second-order valence-electron chi connectivity index (χ2n) is 5.44. The van der Waals surface area contributed by atoms with Gasteiger partial charge in [-0.1, -0.05) is 32.6 Å².